The summed E-state index contributed by atoms with van der Waals surface area (Å²) < 4.78 is 57.7. The van der Waals surface area contributed by atoms with Gasteiger partial charge < -0.3 is 13.9 Å². The van der Waals surface area contributed by atoms with Crippen molar-refractivity contribution in [3.8, 4) is 17.2 Å². The average molecular weight is 566 g/mol. The highest BCUT2D eigenvalue weighted by molar-refractivity contribution is 6.22. The Bertz CT molecular complexity index is 1820. The SMILES string of the molecule is Cc1ccc(C)c(Oc2c(C(F)(F)F)oc3cc(OC(=O)c4ccc5c(c4)C(=O)N(C(C)C)C5=O)ccc3c2=O)c1. The zero-order valence-corrected chi connectivity index (χ0v) is 22.2. The maximum Gasteiger partial charge on any atom is 0.453 e. The smallest absolute Gasteiger partial charge is 0.449 e. The quantitative estimate of drug-likeness (QED) is 0.156. The highest BCUT2D eigenvalue weighted by Crippen LogP contribution is 2.39. The summed E-state index contributed by atoms with van der Waals surface area (Å²) in [6.45, 7) is 6.71. The number of halogens is 3. The highest BCUT2D eigenvalue weighted by atomic mass is 19.4. The summed E-state index contributed by atoms with van der Waals surface area (Å²) in [6.07, 6.45) is -5.08. The molecule has 2 heterocycles. The minimum atomic E-state index is -5.08. The van der Waals surface area contributed by atoms with Gasteiger partial charge in [0.05, 0.1) is 22.1 Å². The summed E-state index contributed by atoms with van der Waals surface area (Å²) in [6, 6.07) is 11.7. The van der Waals surface area contributed by atoms with Crippen LogP contribution in [-0.4, -0.2) is 28.7 Å². The molecule has 4 aromatic rings. The number of aryl methyl sites for hydroxylation is 2. The lowest BCUT2D eigenvalue weighted by Crippen LogP contribution is -2.35. The van der Waals surface area contributed by atoms with Crippen molar-refractivity contribution in [2.45, 2.75) is 39.9 Å². The Morgan fingerprint density at radius 2 is 1.61 bits per heavy atom. The van der Waals surface area contributed by atoms with Crippen LogP contribution in [0.3, 0.4) is 0 Å². The van der Waals surface area contributed by atoms with Crippen molar-refractivity contribution in [2.75, 3.05) is 0 Å². The predicted molar refractivity (Wildman–Crippen MR) is 141 cm³/mol. The first-order chi connectivity index (χ1) is 19.3. The molecule has 1 aliphatic rings. The zero-order valence-electron chi connectivity index (χ0n) is 22.2. The molecule has 11 heteroatoms. The molecule has 0 saturated carbocycles. The molecule has 0 spiro atoms. The molecule has 0 aliphatic carbocycles. The summed E-state index contributed by atoms with van der Waals surface area (Å²) in [5, 5.41) is -0.228. The van der Waals surface area contributed by atoms with E-state index in [0.717, 1.165) is 17.0 Å². The molecule has 210 valence electrons. The Hall–Kier alpha value is -4.93. The molecule has 0 radical (unpaired) electrons. The van der Waals surface area contributed by atoms with Crippen LogP contribution >= 0.6 is 0 Å². The third kappa shape index (κ3) is 4.94. The maximum absolute atomic E-state index is 14.0. The van der Waals surface area contributed by atoms with Crippen LogP contribution in [-0.2, 0) is 6.18 Å². The number of rotatable bonds is 5. The minimum Gasteiger partial charge on any atom is -0.449 e. The fraction of sp³-hybridized carbons (Fsp3) is 0.200. The molecule has 5 rings (SSSR count). The van der Waals surface area contributed by atoms with Gasteiger partial charge in [-0.25, -0.2) is 4.79 Å². The van der Waals surface area contributed by atoms with E-state index < -0.39 is 52.5 Å². The molecule has 3 aromatic carbocycles. The van der Waals surface area contributed by atoms with Gasteiger partial charge in [-0.2, -0.15) is 13.2 Å². The molecule has 2 amide bonds. The zero-order chi connectivity index (χ0) is 29.8. The largest absolute Gasteiger partial charge is 0.453 e. The minimum absolute atomic E-state index is 0.0360. The van der Waals surface area contributed by atoms with Crippen LogP contribution in [0.25, 0.3) is 11.0 Å². The van der Waals surface area contributed by atoms with E-state index in [-0.39, 0.29) is 33.6 Å². The summed E-state index contributed by atoms with van der Waals surface area (Å²) in [4.78, 5) is 52.2. The predicted octanol–water partition coefficient (Wildman–Crippen LogP) is 6.44. The summed E-state index contributed by atoms with van der Waals surface area (Å²) in [5.41, 5.74) is -0.199. The monoisotopic (exact) mass is 565 g/mol. The number of imide groups is 1. The van der Waals surface area contributed by atoms with Gasteiger partial charge in [0.2, 0.25) is 11.2 Å². The standard InChI is InChI=1S/C30H22F3NO7/c1-14(2)34-27(36)19-9-7-17(12-21(19)28(34)37)29(38)39-18-8-10-20-23(13-18)41-26(30(31,32)33)25(24(20)35)40-22-11-15(3)5-6-16(22)4/h5-14H,1-4H3. The van der Waals surface area contributed by atoms with Crippen molar-refractivity contribution < 1.29 is 41.4 Å². The van der Waals surface area contributed by atoms with Crippen LogP contribution < -0.4 is 14.9 Å². The van der Waals surface area contributed by atoms with Crippen molar-refractivity contribution in [3.63, 3.8) is 0 Å². The second-order valence-corrected chi connectivity index (χ2v) is 9.84. The highest BCUT2D eigenvalue weighted by Gasteiger charge is 2.41. The maximum atomic E-state index is 14.0. The number of carbonyl (C=O) groups excluding carboxylic acids is 3. The first kappa shape index (κ1) is 27.6. The molecule has 0 N–H and O–H groups in total. The van der Waals surface area contributed by atoms with Gasteiger partial charge in [0.15, 0.2) is 0 Å². The first-order valence-corrected chi connectivity index (χ1v) is 12.4. The second-order valence-electron chi connectivity index (χ2n) is 9.84. The fourth-order valence-electron chi connectivity index (χ4n) is 4.45. The molecule has 0 fully saturated rings. The second kappa shape index (κ2) is 9.92. The molecule has 1 aromatic heterocycles. The lowest BCUT2D eigenvalue weighted by atomic mass is 10.1. The van der Waals surface area contributed by atoms with E-state index in [2.05, 4.69) is 0 Å². The lowest BCUT2D eigenvalue weighted by Gasteiger charge is -2.17. The number of alkyl halides is 3. The van der Waals surface area contributed by atoms with Crippen LogP contribution in [0.4, 0.5) is 13.2 Å². The van der Waals surface area contributed by atoms with Gasteiger partial charge in [-0.1, -0.05) is 12.1 Å². The molecule has 1 aliphatic heterocycles. The number of nitrogens with zero attached hydrogens (tertiary/aromatic N) is 1. The van der Waals surface area contributed by atoms with E-state index in [9.17, 15) is 32.3 Å². The Morgan fingerprint density at radius 1 is 0.902 bits per heavy atom. The fourth-order valence-corrected chi connectivity index (χ4v) is 4.45. The van der Waals surface area contributed by atoms with Gasteiger partial charge in [0.25, 0.3) is 17.6 Å². The number of amides is 2. The number of carbonyl (C=O) groups is 3. The van der Waals surface area contributed by atoms with Gasteiger partial charge >= 0.3 is 12.1 Å². The first-order valence-electron chi connectivity index (χ1n) is 12.4. The van der Waals surface area contributed by atoms with E-state index in [0.29, 0.717) is 11.1 Å². The van der Waals surface area contributed by atoms with Crippen LogP contribution in [0, 0.1) is 13.8 Å². The Labute approximate surface area is 230 Å². The molecule has 0 bridgehead atoms. The van der Waals surface area contributed by atoms with E-state index in [4.69, 9.17) is 13.9 Å². The van der Waals surface area contributed by atoms with Crippen molar-refractivity contribution in [1.82, 2.24) is 4.90 Å². The van der Waals surface area contributed by atoms with Gasteiger partial charge in [-0.3, -0.25) is 19.3 Å². The van der Waals surface area contributed by atoms with Gasteiger partial charge in [0.1, 0.15) is 17.1 Å². The summed E-state index contributed by atoms with van der Waals surface area (Å²) in [5.74, 6) is -4.78. The van der Waals surface area contributed by atoms with E-state index in [1.807, 2.05) is 0 Å². The number of hydrogen-bond acceptors (Lipinski definition) is 7. The third-order valence-electron chi connectivity index (χ3n) is 6.52. The Kier molecular flexibility index (Phi) is 6.68. The topological polar surface area (TPSA) is 103 Å². The van der Waals surface area contributed by atoms with Crippen LogP contribution in [0.2, 0.25) is 0 Å². The number of ether oxygens (including phenoxy) is 2. The lowest BCUT2D eigenvalue weighted by molar-refractivity contribution is -0.154. The summed E-state index contributed by atoms with van der Waals surface area (Å²) >= 11 is 0. The molecule has 0 atom stereocenters. The third-order valence-corrected chi connectivity index (χ3v) is 6.52. The Balaban J connectivity index is 1.49. The molecule has 0 saturated heterocycles. The van der Waals surface area contributed by atoms with Crippen LogP contribution in [0.15, 0.2) is 63.8 Å². The van der Waals surface area contributed by atoms with Crippen molar-refractivity contribution in [3.05, 3.63) is 98.4 Å². The Morgan fingerprint density at radius 3 is 2.29 bits per heavy atom. The molecule has 0 unspecified atom stereocenters. The van der Waals surface area contributed by atoms with E-state index in [1.54, 1.807) is 39.8 Å². The normalized spacial score (nSPS) is 13.2. The van der Waals surface area contributed by atoms with Gasteiger partial charge in [-0.15, -0.1) is 0 Å². The van der Waals surface area contributed by atoms with Crippen molar-refractivity contribution in [1.29, 1.82) is 0 Å². The van der Waals surface area contributed by atoms with E-state index in [1.165, 1.54) is 30.3 Å². The van der Waals surface area contributed by atoms with Crippen molar-refractivity contribution >= 4 is 28.8 Å². The molecular formula is C30H22F3NO7. The molecular weight excluding hydrogens is 543 g/mol. The number of esters is 1. The number of fused-ring (bicyclic) bond motifs is 2. The average Bonchev–Trinajstić information content (AvgIpc) is 3.16. The summed E-state index contributed by atoms with van der Waals surface area (Å²) in [7, 11) is 0. The number of benzene rings is 3. The van der Waals surface area contributed by atoms with E-state index >= 15 is 0 Å². The van der Waals surface area contributed by atoms with Crippen molar-refractivity contribution in [2.24, 2.45) is 0 Å². The van der Waals surface area contributed by atoms with Crippen LogP contribution in [0.5, 0.6) is 17.2 Å². The molecule has 41 heavy (non-hydrogen) atoms. The number of hydrogen-bond donors (Lipinski definition) is 0. The van der Waals surface area contributed by atoms with Crippen LogP contribution in [0.1, 0.15) is 61.8 Å². The van der Waals surface area contributed by atoms with Gasteiger partial charge in [-0.05, 0) is 75.2 Å². The molecule has 8 nitrogen and oxygen atoms in total. The van der Waals surface area contributed by atoms with Gasteiger partial charge in [0, 0.05) is 12.1 Å².